The van der Waals surface area contributed by atoms with Gasteiger partial charge in [-0.1, -0.05) is 36.4 Å². The number of hydrogen-bond acceptors (Lipinski definition) is 6. The number of fused-ring (bicyclic) bond motifs is 1. The van der Waals surface area contributed by atoms with Gasteiger partial charge in [-0.2, -0.15) is 0 Å². The van der Waals surface area contributed by atoms with Crippen molar-refractivity contribution in [3.63, 3.8) is 0 Å². The maximum atomic E-state index is 13.8. The Kier molecular flexibility index (Phi) is 9.19. The predicted octanol–water partition coefficient (Wildman–Crippen LogP) is 4.62. The molecule has 3 aromatic rings. The van der Waals surface area contributed by atoms with Crippen molar-refractivity contribution in [2.75, 3.05) is 64.4 Å². The predicted molar refractivity (Wildman–Crippen MR) is 161 cm³/mol. The van der Waals surface area contributed by atoms with Crippen molar-refractivity contribution in [1.29, 1.82) is 0 Å². The highest BCUT2D eigenvalue weighted by Gasteiger charge is 2.44. The van der Waals surface area contributed by atoms with Crippen LogP contribution in [0.2, 0.25) is 0 Å². The molecule has 0 saturated carbocycles. The third kappa shape index (κ3) is 6.09. The second kappa shape index (κ2) is 13.0. The number of methoxy groups -OCH3 is 1. The first-order chi connectivity index (χ1) is 19.5. The number of amides is 2. The molecule has 2 aliphatic rings. The fourth-order valence-electron chi connectivity index (χ4n) is 5.98. The zero-order valence-corrected chi connectivity index (χ0v) is 24.6. The Morgan fingerprint density at radius 1 is 1.02 bits per heavy atom. The van der Waals surface area contributed by atoms with E-state index in [2.05, 4.69) is 47.2 Å². The van der Waals surface area contributed by atoms with Crippen molar-refractivity contribution in [1.82, 2.24) is 15.1 Å². The van der Waals surface area contributed by atoms with Gasteiger partial charge in [0.2, 0.25) is 5.91 Å². The molecule has 5 rings (SSSR count). The lowest BCUT2D eigenvalue weighted by Gasteiger charge is -2.41. The van der Waals surface area contributed by atoms with E-state index >= 15 is 0 Å². The van der Waals surface area contributed by atoms with Crippen LogP contribution in [0.25, 0.3) is 0 Å². The van der Waals surface area contributed by atoms with Crippen molar-refractivity contribution in [2.24, 2.45) is 0 Å². The number of piperazine rings is 1. The Labute approximate surface area is 241 Å². The van der Waals surface area contributed by atoms with Crippen molar-refractivity contribution < 1.29 is 14.3 Å². The van der Waals surface area contributed by atoms with E-state index in [1.165, 1.54) is 16.8 Å². The van der Waals surface area contributed by atoms with Crippen LogP contribution in [0, 0.1) is 13.8 Å². The van der Waals surface area contributed by atoms with Crippen LogP contribution in [0.5, 0.6) is 0 Å². The Morgan fingerprint density at radius 3 is 2.58 bits per heavy atom. The van der Waals surface area contributed by atoms with Crippen LogP contribution in [-0.2, 0) is 9.53 Å². The quantitative estimate of drug-likeness (QED) is 0.367. The summed E-state index contributed by atoms with van der Waals surface area (Å²) in [5, 5.41) is 5.23. The Morgan fingerprint density at radius 2 is 1.82 bits per heavy atom. The minimum Gasteiger partial charge on any atom is -0.383 e. The molecule has 2 aliphatic heterocycles. The van der Waals surface area contributed by atoms with Gasteiger partial charge in [-0.15, -0.1) is 11.3 Å². The van der Waals surface area contributed by atoms with Gasteiger partial charge in [0.25, 0.3) is 5.91 Å². The van der Waals surface area contributed by atoms with E-state index in [1.54, 1.807) is 18.4 Å². The molecule has 0 aliphatic carbocycles. The van der Waals surface area contributed by atoms with Crippen LogP contribution in [0.1, 0.15) is 50.3 Å². The smallest absolute Gasteiger partial charge is 0.254 e. The molecule has 8 heteroatoms. The summed E-state index contributed by atoms with van der Waals surface area (Å²) in [5.41, 5.74) is 5.38. The summed E-state index contributed by atoms with van der Waals surface area (Å²) in [5.74, 6) is -0.541. The largest absolute Gasteiger partial charge is 0.383 e. The van der Waals surface area contributed by atoms with E-state index in [4.69, 9.17) is 4.74 Å². The number of carbonyl (C=O) groups excluding carboxylic acids is 2. The van der Waals surface area contributed by atoms with Gasteiger partial charge in [-0.3, -0.25) is 14.5 Å². The number of nitrogens with zero attached hydrogens (tertiary/aromatic N) is 3. The summed E-state index contributed by atoms with van der Waals surface area (Å²) in [6.45, 7) is 10.8. The lowest BCUT2D eigenvalue weighted by molar-refractivity contribution is -0.124. The van der Waals surface area contributed by atoms with Crippen LogP contribution < -0.4 is 10.2 Å². The summed E-state index contributed by atoms with van der Waals surface area (Å²) in [7, 11) is 1.64. The second-order valence-electron chi connectivity index (χ2n) is 10.8. The summed E-state index contributed by atoms with van der Waals surface area (Å²) >= 11 is 1.59. The molecule has 2 aromatic carbocycles. The first kappa shape index (κ1) is 28.3. The number of anilines is 1. The monoisotopic (exact) mass is 560 g/mol. The average molecular weight is 561 g/mol. The Bertz CT molecular complexity index is 1300. The van der Waals surface area contributed by atoms with Crippen molar-refractivity contribution in [2.45, 2.75) is 32.2 Å². The maximum Gasteiger partial charge on any atom is 0.254 e. The molecule has 1 saturated heterocycles. The highest BCUT2D eigenvalue weighted by atomic mass is 32.1. The van der Waals surface area contributed by atoms with Gasteiger partial charge in [0.1, 0.15) is 0 Å². The SMILES string of the molecule is COCCN1C(=O)c2ccccc2[C@@H](C(=O)NCCCN2CCN(c3cc(C)ccc3C)CC2)[C@@H]1c1cccs1. The number of benzene rings is 2. The fraction of sp³-hybridized carbons (Fsp3) is 0.438. The van der Waals surface area contributed by atoms with Crippen molar-refractivity contribution >= 4 is 28.8 Å². The number of hydrogen-bond donors (Lipinski definition) is 1. The maximum absolute atomic E-state index is 13.8. The number of aryl methyl sites for hydroxylation is 2. The topological polar surface area (TPSA) is 65.1 Å². The highest BCUT2D eigenvalue weighted by Crippen LogP contribution is 2.44. The molecule has 40 heavy (non-hydrogen) atoms. The van der Waals surface area contributed by atoms with Crippen LogP contribution in [0.4, 0.5) is 5.69 Å². The third-order valence-corrected chi connectivity index (χ3v) is 9.06. The van der Waals surface area contributed by atoms with E-state index in [-0.39, 0.29) is 17.9 Å². The third-order valence-electron chi connectivity index (χ3n) is 8.12. The molecule has 1 fully saturated rings. The van der Waals surface area contributed by atoms with Crippen LogP contribution >= 0.6 is 11.3 Å². The van der Waals surface area contributed by atoms with Crippen LogP contribution in [0.15, 0.2) is 60.0 Å². The van der Waals surface area contributed by atoms with Gasteiger partial charge in [-0.25, -0.2) is 0 Å². The molecule has 2 atom stereocenters. The minimum absolute atomic E-state index is 0.0273. The highest BCUT2D eigenvalue weighted by molar-refractivity contribution is 7.10. The van der Waals surface area contributed by atoms with E-state index < -0.39 is 5.92 Å². The number of nitrogens with one attached hydrogen (secondary N) is 1. The molecule has 212 valence electrons. The number of carbonyl (C=O) groups is 2. The number of ether oxygens (including phenoxy) is 1. The van der Waals surface area contributed by atoms with Gasteiger partial charge >= 0.3 is 0 Å². The molecular formula is C32H40N4O3S. The number of rotatable bonds is 10. The standard InChI is InChI=1S/C32H40N4O3S/c1-23-11-12-24(2)27(22-23)35-17-15-34(16-18-35)14-7-13-33-31(37)29-25-8-4-5-9-26(25)32(38)36(19-20-39-3)30(29)28-10-6-21-40-28/h4-6,8-12,21-22,29-30H,7,13-20H2,1-3H3,(H,33,37)/t29-,30+/m1/s1. The van der Waals surface area contributed by atoms with E-state index in [0.717, 1.165) is 49.6 Å². The molecule has 1 N–H and O–H groups in total. The van der Waals surface area contributed by atoms with Crippen molar-refractivity contribution in [3.05, 3.63) is 87.1 Å². The zero-order chi connectivity index (χ0) is 28.1. The molecule has 7 nitrogen and oxygen atoms in total. The Hall–Kier alpha value is -3.20. The zero-order valence-electron chi connectivity index (χ0n) is 23.8. The van der Waals surface area contributed by atoms with Gasteiger partial charge in [-0.05, 0) is 67.1 Å². The number of thiophene rings is 1. The van der Waals surface area contributed by atoms with Crippen molar-refractivity contribution in [3.8, 4) is 0 Å². The fourth-order valence-corrected chi connectivity index (χ4v) is 6.86. The molecule has 0 spiro atoms. The second-order valence-corrected chi connectivity index (χ2v) is 11.8. The first-order valence-corrected chi connectivity index (χ1v) is 15.1. The first-order valence-electron chi connectivity index (χ1n) is 14.2. The Balaban J connectivity index is 1.21. The lowest BCUT2D eigenvalue weighted by atomic mass is 9.81. The van der Waals surface area contributed by atoms with E-state index in [0.29, 0.717) is 25.3 Å². The molecule has 0 bridgehead atoms. The molecular weight excluding hydrogens is 520 g/mol. The van der Waals surface area contributed by atoms with Gasteiger partial charge in [0.15, 0.2) is 0 Å². The average Bonchev–Trinajstić information content (AvgIpc) is 3.51. The molecule has 3 heterocycles. The van der Waals surface area contributed by atoms with E-state index in [9.17, 15) is 9.59 Å². The molecule has 0 radical (unpaired) electrons. The van der Waals surface area contributed by atoms with Gasteiger partial charge in [0, 0.05) is 62.5 Å². The summed E-state index contributed by atoms with van der Waals surface area (Å²) in [6, 6.07) is 17.9. The lowest BCUT2D eigenvalue weighted by Crippen LogP contribution is -2.49. The summed E-state index contributed by atoms with van der Waals surface area (Å²) in [4.78, 5) is 35.1. The van der Waals surface area contributed by atoms with Crippen LogP contribution in [-0.4, -0.2) is 81.1 Å². The normalized spacial score (nSPS) is 19.5. The van der Waals surface area contributed by atoms with Gasteiger partial charge < -0.3 is 19.9 Å². The molecule has 0 unspecified atom stereocenters. The minimum atomic E-state index is -0.467. The molecule has 1 aromatic heterocycles. The van der Waals surface area contributed by atoms with Crippen LogP contribution in [0.3, 0.4) is 0 Å². The molecule has 2 amide bonds. The van der Waals surface area contributed by atoms with Gasteiger partial charge in [0.05, 0.1) is 18.6 Å². The summed E-state index contributed by atoms with van der Waals surface area (Å²) in [6.07, 6.45) is 0.888. The van der Waals surface area contributed by atoms with E-state index in [1.807, 2.05) is 46.7 Å². The summed E-state index contributed by atoms with van der Waals surface area (Å²) < 4.78 is 5.32.